The highest BCUT2D eigenvalue weighted by atomic mass is 16.7. The lowest BCUT2D eigenvalue weighted by Crippen LogP contribution is -2.41. The normalized spacial score (nSPS) is 23.0. The average molecular weight is 642 g/mol. The summed E-state index contributed by atoms with van der Waals surface area (Å²) in [4.78, 5) is 0. The fourth-order valence-electron chi connectivity index (χ4n) is 7.00. The third-order valence-corrected chi connectivity index (χ3v) is 11.2. The van der Waals surface area contributed by atoms with Crippen LogP contribution in [0.2, 0.25) is 0 Å². The van der Waals surface area contributed by atoms with Crippen LogP contribution < -0.4 is 0 Å². The van der Waals surface area contributed by atoms with Crippen molar-refractivity contribution in [2.24, 2.45) is 0 Å². The minimum absolute atomic E-state index is 0.318. The summed E-state index contributed by atoms with van der Waals surface area (Å²) < 4.78 is 29.5. The van der Waals surface area contributed by atoms with Gasteiger partial charge in [-0.15, -0.1) is 0 Å². The summed E-state index contributed by atoms with van der Waals surface area (Å²) in [6, 6.07) is 25.9. The Bertz CT molecular complexity index is 1710. The van der Waals surface area contributed by atoms with Crippen LogP contribution in [-0.2, 0) is 44.5 Å². The van der Waals surface area contributed by atoms with Crippen LogP contribution in [0.5, 0.6) is 0 Å². The molecule has 2 saturated heterocycles. The lowest BCUT2D eigenvalue weighted by molar-refractivity contribution is 0.00578. The van der Waals surface area contributed by atoms with E-state index in [2.05, 4.69) is 162 Å². The van der Waals surface area contributed by atoms with E-state index in [1.807, 2.05) is 0 Å². The zero-order chi connectivity index (χ0) is 33.9. The molecular formula is C40H48B2N2O4. The SMILES string of the molecule is CC1(C)OB(/C=C2/c3ccccc3CCn3cccc32)OC1(C)C.CC1(C)OB(/C=C2\c3ccccc3CCn3cccc32)OC1(C)C. The number of benzene rings is 2. The Kier molecular flexibility index (Phi) is 8.31. The van der Waals surface area contributed by atoms with Gasteiger partial charge in [-0.3, -0.25) is 0 Å². The number of aryl methyl sites for hydroxylation is 4. The predicted molar refractivity (Wildman–Crippen MR) is 195 cm³/mol. The van der Waals surface area contributed by atoms with Crippen molar-refractivity contribution in [3.05, 3.63) is 131 Å². The van der Waals surface area contributed by atoms with Crippen molar-refractivity contribution in [1.82, 2.24) is 9.13 Å². The first kappa shape index (κ1) is 33.0. The molecule has 2 fully saturated rings. The van der Waals surface area contributed by atoms with Gasteiger partial charge in [-0.05, 0) is 138 Å². The van der Waals surface area contributed by atoms with Gasteiger partial charge in [-0.25, -0.2) is 0 Å². The first-order valence-electron chi connectivity index (χ1n) is 17.4. The molecule has 0 radical (unpaired) electrons. The van der Waals surface area contributed by atoms with Crippen LogP contribution >= 0.6 is 0 Å². The molecule has 0 amide bonds. The van der Waals surface area contributed by atoms with Gasteiger partial charge in [0.05, 0.1) is 22.4 Å². The van der Waals surface area contributed by atoms with E-state index in [4.69, 9.17) is 18.6 Å². The highest BCUT2D eigenvalue weighted by Crippen LogP contribution is 2.41. The van der Waals surface area contributed by atoms with Crippen molar-refractivity contribution in [3.8, 4) is 0 Å². The molecular weight excluding hydrogens is 594 g/mol. The zero-order valence-corrected chi connectivity index (χ0v) is 29.7. The van der Waals surface area contributed by atoms with Gasteiger partial charge in [-0.2, -0.15) is 0 Å². The van der Waals surface area contributed by atoms with E-state index < -0.39 is 0 Å². The molecule has 6 heterocycles. The maximum Gasteiger partial charge on any atom is 0.487 e. The van der Waals surface area contributed by atoms with E-state index in [9.17, 15) is 0 Å². The summed E-state index contributed by atoms with van der Waals surface area (Å²) in [5.41, 5.74) is 8.91. The van der Waals surface area contributed by atoms with Gasteiger partial charge in [0, 0.05) is 36.9 Å². The maximum absolute atomic E-state index is 6.21. The molecule has 0 unspecified atom stereocenters. The summed E-state index contributed by atoms with van der Waals surface area (Å²) in [7, 11) is -0.668. The number of hydrogen-bond acceptors (Lipinski definition) is 4. The fourth-order valence-corrected chi connectivity index (χ4v) is 7.00. The molecule has 0 saturated carbocycles. The van der Waals surface area contributed by atoms with Gasteiger partial charge >= 0.3 is 14.2 Å². The minimum Gasteiger partial charge on any atom is -0.400 e. The first-order valence-corrected chi connectivity index (χ1v) is 17.4. The molecule has 0 atom stereocenters. The number of nitrogens with zero attached hydrogens (tertiary/aromatic N) is 2. The van der Waals surface area contributed by atoms with Crippen LogP contribution in [-0.4, -0.2) is 45.8 Å². The van der Waals surface area contributed by atoms with E-state index in [-0.39, 0.29) is 36.6 Å². The number of hydrogen-bond donors (Lipinski definition) is 0. The fraction of sp³-hybridized carbons (Fsp3) is 0.400. The molecule has 4 aliphatic rings. The number of fused-ring (bicyclic) bond motifs is 4. The van der Waals surface area contributed by atoms with E-state index in [0.717, 1.165) is 25.9 Å². The van der Waals surface area contributed by atoms with Gasteiger partial charge in [0.25, 0.3) is 0 Å². The van der Waals surface area contributed by atoms with Gasteiger partial charge < -0.3 is 27.8 Å². The molecule has 248 valence electrons. The predicted octanol–water partition coefficient (Wildman–Crippen LogP) is 8.21. The summed E-state index contributed by atoms with van der Waals surface area (Å²) >= 11 is 0. The highest BCUT2D eigenvalue weighted by Gasteiger charge is 2.51. The van der Waals surface area contributed by atoms with Crippen LogP contribution in [0, 0.1) is 0 Å². The third kappa shape index (κ3) is 5.98. The molecule has 2 aromatic heterocycles. The molecule has 8 heteroatoms. The van der Waals surface area contributed by atoms with Crippen molar-refractivity contribution in [3.63, 3.8) is 0 Å². The number of rotatable bonds is 2. The first-order chi connectivity index (χ1) is 22.7. The lowest BCUT2D eigenvalue weighted by Gasteiger charge is -2.32. The quantitative estimate of drug-likeness (QED) is 0.207. The Morgan fingerprint density at radius 1 is 0.500 bits per heavy atom. The van der Waals surface area contributed by atoms with Crippen molar-refractivity contribution in [1.29, 1.82) is 0 Å². The Morgan fingerprint density at radius 3 is 1.23 bits per heavy atom. The standard InChI is InChI=1S/2C20H24BNO2/c2*1-19(2)20(3,4)24-21(23-19)14-17-16-9-6-5-8-15(16)11-13-22-12-7-10-18(17)22/h2*5-10,12,14H,11,13H2,1-4H3/b17-14+;17-14-. The molecule has 0 bridgehead atoms. The molecule has 48 heavy (non-hydrogen) atoms. The van der Waals surface area contributed by atoms with Gasteiger partial charge in [0.1, 0.15) is 0 Å². The molecule has 0 spiro atoms. The smallest absolute Gasteiger partial charge is 0.400 e. The van der Waals surface area contributed by atoms with E-state index >= 15 is 0 Å². The second kappa shape index (κ2) is 12.1. The molecule has 6 nitrogen and oxygen atoms in total. The monoisotopic (exact) mass is 642 g/mol. The van der Waals surface area contributed by atoms with Crippen LogP contribution in [0.4, 0.5) is 0 Å². The minimum atomic E-state index is -0.334. The molecule has 4 aliphatic heterocycles. The second-order valence-corrected chi connectivity index (χ2v) is 15.4. The second-order valence-electron chi connectivity index (χ2n) is 15.4. The topological polar surface area (TPSA) is 46.8 Å². The van der Waals surface area contributed by atoms with E-state index in [0.29, 0.717) is 0 Å². The van der Waals surface area contributed by atoms with E-state index in [1.165, 1.54) is 44.8 Å². The summed E-state index contributed by atoms with van der Waals surface area (Å²) in [6.07, 6.45) is 6.38. The van der Waals surface area contributed by atoms with Gasteiger partial charge in [-0.1, -0.05) is 48.5 Å². The van der Waals surface area contributed by atoms with Crippen LogP contribution in [0.25, 0.3) is 11.1 Å². The Hall–Kier alpha value is -3.55. The zero-order valence-electron chi connectivity index (χ0n) is 29.7. The van der Waals surface area contributed by atoms with E-state index in [1.54, 1.807) is 0 Å². The summed E-state index contributed by atoms with van der Waals surface area (Å²) in [5.74, 6) is 4.29. The molecule has 2 aromatic carbocycles. The van der Waals surface area contributed by atoms with Crippen molar-refractivity contribution < 1.29 is 18.6 Å². The largest absolute Gasteiger partial charge is 0.487 e. The van der Waals surface area contributed by atoms with Gasteiger partial charge in [0.2, 0.25) is 0 Å². The van der Waals surface area contributed by atoms with Crippen LogP contribution in [0.1, 0.15) is 89.0 Å². The molecule has 0 N–H and O–H groups in total. The van der Waals surface area contributed by atoms with Crippen LogP contribution in [0.15, 0.2) is 97.1 Å². The number of aromatic nitrogens is 2. The third-order valence-electron chi connectivity index (χ3n) is 11.2. The van der Waals surface area contributed by atoms with Crippen molar-refractivity contribution in [2.45, 2.75) is 104 Å². The van der Waals surface area contributed by atoms with Crippen molar-refractivity contribution in [2.75, 3.05) is 0 Å². The molecule has 4 aromatic rings. The molecule has 8 rings (SSSR count). The molecule has 0 aliphatic carbocycles. The average Bonchev–Trinajstić information content (AvgIpc) is 3.73. The van der Waals surface area contributed by atoms with Gasteiger partial charge in [0.15, 0.2) is 0 Å². The Morgan fingerprint density at radius 2 is 0.854 bits per heavy atom. The Balaban J connectivity index is 0.000000152. The Labute approximate surface area is 287 Å². The maximum atomic E-state index is 6.21. The van der Waals surface area contributed by atoms with Crippen LogP contribution in [0.3, 0.4) is 0 Å². The summed E-state index contributed by atoms with van der Waals surface area (Å²) in [5, 5.41) is 0. The lowest BCUT2D eigenvalue weighted by atomic mass is 9.83. The highest BCUT2D eigenvalue weighted by molar-refractivity contribution is 6.54. The van der Waals surface area contributed by atoms with Crippen molar-refractivity contribution >= 4 is 25.4 Å². The summed E-state index contributed by atoms with van der Waals surface area (Å²) in [6.45, 7) is 18.7.